The van der Waals surface area contributed by atoms with Crippen molar-refractivity contribution in [2.75, 3.05) is 0 Å². The van der Waals surface area contributed by atoms with E-state index in [1.807, 2.05) is 54.6 Å². The number of aliphatic hydroxyl groups excluding tert-OH is 2. The number of aromatic amines is 2. The number of aliphatic hydroxyl groups is 2. The third-order valence-electron chi connectivity index (χ3n) is 11.2. The molecule has 8 heteroatoms. The van der Waals surface area contributed by atoms with Crippen LogP contribution in [-0.4, -0.2) is 41.7 Å². The fraction of sp³-hybridized carbons (Fsp3) is 0.333. The number of hydrogen-bond donors (Lipinski definition) is 4. The highest BCUT2D eigenvalue weighted by molar-refractivity contribution is 5.97. The predicted octanol–water partition coefficient (Wildman–Crippen LogP) is 11.2. The van der Waals surface area contributed by atoms with Gasteiger partial charge in [-0.3, -0.25) is 14.6 Å². The molecule has 5 heterocycles. The van der Waals surface area contributed by atoms with E-state index in [1.54, 1.807) is 26.0 Å². The summed E-state index contributed by atoms with van der Waals surface area (Å²) < 4.78 is 0. The molecule has 288 valence electrons. The van der Waals surface area contributed by atoms with Crippen LogP contribution in [-0.2, 0) is 12.8 Å². The summed E-state index contributed by atoms with van der Waals surface area (Å²) in [6.07, 6.45) is 11.6. The molecule has 0 spiro atoms. The number of hydrogen-bond acceptors (Lipinski definition) is 6. The van der Waals surface area contributed by atoms with Gasteiger partial charge in [0.1, 0.15) is 12.2 Å². The van der Waals surface area contributed by atoms with E-state index in [2.05, 4.69) is 42.0 Å². The van der Waals surface area contributed by atoms with Crippen molar-refractivity contribution in [3.05, 3.63) is 118 Å². The van der Waals surface area contributed by atoms with Crippen LogP contribution in [0.25, 0.3) is 56.5 Å². The summed E-state index contributed by atoms with van der Waals surface area (Å²) in [6, 6.07) is 23.2. The van der Waals surface area contributed by atoms with Gasteiger partial charge in [-0.05, 0) is 92.6 Å². The number of carbonyl (C=O) groups excluding carboxylic acids is 2. The molecule has 5 aromatic rings. The van der Waals surface area contributed by atoms with Crippen molar-refractivity contribution in [2.45, 2.75) is 104 Å². The maximum absolute atomic E-state index is 12.2. The van der Waals surface area contributed by atoms with Crippen LogP contribution in [0.2, 0.25) is 0 Å². The van der Waals surface area contributed by atoms with Crippen LogP contribution in [0.4, 0.5) is 0 Å². The van der Waals surface area contributed by atoms with Crippen molar-refractivity contribution in [1.82, 2.24) is 19.9 Å². The number of H-pyrrole nitrogens is 2. The van der Waals surface area contributed by atoms with Crippen LogP contribution in [0.3, 0.4) is 0 Å². The number of Topliss-reactive ketones (excluding diaryl/α,β-unsaturated/α-hetero) is 2. The number of fused-ring (bicyclic) bond motifs is 8. The molecule has 0 radical (unpaired) electrons. The minimum Gasteiger partial charge on any atom is -0.384 e. The lowest BCUT2D eigenvalue weighted by molar-refractivity contribution is 0.0252. The maximum Gasteiger partial charge on any atom is 0.159 e. The van der Waals surface area contributed by atoms with Crippen LogP contribution in [0, 0.1) is 0 Å². The zero-order chi connectivity index (χ0) is 39.3. The van der Waals surface area contributed by atoms with E-state index in [-0.39, 0.29) is 11.6 Å². The van der Waals surface area contributed by atoms with Crippen molar-refractivity contribution < 1.29 is 19.8 Å². The molecule has 0 aliphatic carbocycles. The quantitative estimate of drug-likeness (QED) is 0.0648. The van der Waals surface area contributed by atoms with Gasteiger partial charge in [-0.25, -0.2) is 4.98 Å². The Morgan fingerprint density at radius 1 is 0.536 bits per heavy atom. The normalized spacial score (nSPS) is 15.0. The van der Waals surface area contributed by atoms with Crippen LogP contribution >= 0.6 is 0 Å². The summed E-state index contributed by atoms with van der Waals surface area (Å²) in [5, 5.41) is 23.8. The summed E-state index contributed by atoms with van der Waals surface area (Å²) in [6.45, 7) is 7.51. The molecule has 0 fully saturated rings. The van der Waals surface area contributed by atoms with Crippen molar-refractivity contribution >= 4 is 45.8 Å². The Balaban J connectivity index is 1.59. The molecule has 0 saturated carbocycles. The lowest BCUT2D eigenvalue weighted by Crippen LogP contribution is -2.06. The molecule has 7 rings (SSSR count). The number of aromatic nitrogens is 4. The van der Waals surface area contributed by atoms with E-state index >= 15 is 0 Å². The first kappa shape index (κ1) is 38.8. The second-order valence-corrected chi connectivity index (χ2v) is 15.2. The molecule has 8 bridgehead atoms. The minimum atomic E-state index is -1.28. The molecule has 0 amide bonds. The number of benzene rings is 2. The third-order valence-corrected chi connectivity index (χ3v) is 11.2. The number of unbranched alkanes of at least 4 members (excludes halogenated alkanes) is 6. The van der Waals surface area contributed by atoms with E-state index in [0.29, 0.717) is 34.5 Å². The van der Waals surface area contributed by atoms with E-state index in [9.17, 15) is 19.8 Å². The number of carbonyl (C=O) groups is 2. The Morgan fingerprint density at radius 2 is 1.00 bits per heavy atom. The van der Waals surface area contributed by atoms with Gasteiger partial charge in [-0.2, -0.15) is 0 Å². The number of nitrogens with one attached hydrogen (secondary N) is 2. The highest BCUT2D eigenvalue weighted by Crippen LogP contribution is 2.42. The average molecular weight is 749 g/mol. The number of ketones is 2. The average Bonchev–Trinajstić information content (AvgIpc) is 4.03. The van der Waals surface area contributed by atoms with Crippen molar-refractivity contribution in [3.63, 3.8) is 0 Å². The highest BCUT2D eigenvalue weighted by atomic mass is 16.3. The van der Waals surface area contributed by atoms with Gasteiger partial charge in [-0.15, -0.1) is 0 Å². The third kappa shape index (κ3) is 7.95. The van der Waals surface area contributed by atoms with Gasteiger partial charge in [0.25, 0.3) is 0 Å². The molecule has 4 N–H and O–H groups in total. The van der Waals surface area contributed by atoms with Crippen molar-refractivity contribution in [3.8, 4) is 22.3 Å². The fourth-order valence-corrected chi connectivity index (χ4v) is 8.00. The number of nitrogens with zero attached hydrogens (tertiary/aromatic N) is 2. The summed E-state index contributed by atoms with van der Waals surface area (Å²) >= 11 is 0. The van der Waals surface area contributed by atoms with E-state index in [1.165, 1.54) is 0 Å². The SMILES string of the molecule is CCCCCCc1c2nc(c(-c3ccc(C(C)=O)cc3)c3ccc([nH]3)c(CCCCCC)c3nc(c(-c4ccc(C(C)=O)cc4)c4ccc1[nH]4)C(O)C3O)C=C2. The van der Waals surface area contributed by atoms with E-state index in [4.69, 9.17) is 9.97 Å². The Bertz CT molecular complexity index is 2440. The molecule has 3 aromatic heterocycles. The lowest BCUT2D eigenvalue weighted by atomic mass is 9.97. The van der Waals surface area contributed by atoms with Gasteiger partial charge in [0.05, 0.1) is 22.8 Å². The summed E-state index contributed by atoms with van der Waals surface area (Å²) in [5.41, 5.74) is 12.3. The van der Waals surface area contributed by atoms with Gasteiger partial charge >= 0.3 is 0 Å². The van der Waals surface area contributed by atoms with E-state index < -0.39 is 12.2 Å². The monoisotopic (exact) mass is 748 g/mol. The van der Waals surface area contributed by atoms with Crippen LogP contribution in [0.5, 0.6) is 0 Å². The molecule has 2 aliphatic rings. The molecule has 0 saturated heterocycles. The zero-order valence-electron chi connectivity index (χ0n) is 32.9. The van der Waals surface area contributed by atoms with Crippen LogP contribution < -0.4 is 0 Å². The molecular formula is C48H52N4O4. The number of rotatable bonds is 14. The second-order valence-electron chi connectivity index (χ2n) is 15.2. The van der Waals surface area contributed by atoms with Crippen molar-refractivity contribution in [2.24, 2.45) is 0 Å². The number of aryl methyl sites for hydroxylation is 2. The molecule has 2 unspecified atom stereocenters. The van der Waals surface area contributed by atoms with Gasteiger partial charge in [0.2, 0.25) is 0 Å². The highest BCUT2D eigenvalue weighted by Gasteiger charge is 2.34. The molecular weight excluding hydrogens is 697 g/mol. The fourth-order valence-electron chi connectivity index (χ4n) is 8.00. The molecule has 2 aliphatic heterocycles. The van der Waals surface area contributed by atoms with Crippen molar-refractivity contribution in [1.29, 1.82) is 0 Å². The largest absolute Gasteiger partial charge is 0.384 e. The zero-order valence-corrected chi connectivity index (χ0v) is 32.9. The first-order chi connectivity index (χ1) is 27.2. The summed E-state index contributed by atoms with van der Waals surface area (Å²) in [7, 11) is 0. The molecule has 2 atom stereocenters. The smallest absolute Gasteiger partial charge is 0.159 e. The molecule has 8 nitrogen and oxygen atoms in total. The minimum absolute atomic E-state index is 0.00750. The Kier molecular flexibility index (Phi) is 11.9. The van der Waals surface area contributed by atoms with Gasteiger partial charge < -0.3 is 20.2 Å². The Hall–Kier alpha value is -5.44. The van der Waals surface area contributed by atoms with Gasteiger partial charge in [0.15, 0.2) is 11.6 Å². The standard InChI is InChI=1S/C48H52N4O4/c1-5-7-9-11-13-35-37-23-26-40(49-37)43(33-19-15-31(16-20-33)29(3)53)41-27-25-39(51-41)36(14-12-10-8-6-2)45-47(55)48(56)46(52-45)44(42-28-24-38(35)50-42)34-21-17-32(18-22-34)30(4)54/h15-28,47-48,50-51,55-56H,5-14H2,1-4H3. The lowest BCUT2D eigenvalue weighted by Gasteiger charge is -2.13. The Morgan fingerprint density at radius 3 is 1.55 bits per heavy atom. The molecule has 56 heavy (non-hydrogen) atoms. The Labute approximate surface area is 328 Å². The van der Waals surface area contributed by atoms with Gasteiger partial charge in [0, 0.05) is 49.9 Å². The summed E-state index contributed by atoms with van der Waals surface area (Å²) in [4.78, 5) is 42.3. The maximum atomic E-state index is 12.2. The second kappa shape index (κ2) is 17.1. The van der Waals surface area contributed by atoms with E-state index in [0.717, 1.165) is 119 Å². The first-order valence-electron chi connectivity index (χ1n) is 20.2. The summed E-state index contributed by atoms with van der Waals surface area (Å²) in [5.74, 6) is -0.0240. The van der Waals surface area contributed by atoms with Crippen LogP contribution in [0.1, 0.15) is 146 Å². The molecule has 2 aromatic carbocycles. The van der Waals surface area contributed by atoms with Gasteiger partial charge in [-0.1, -0.05) is 101 Å². The van der Waals surface area contributed by atoms with Crippen LogP contribution in [0.15, 0.2) is 72.8 Å². The first-order valence-corrected chi connectivity index (χ1v) is 20.2. The predicted molar refractivity (Wildman–Crippen MR) is 226 cm³/mol. The topological polar surface area (TPSA) is 132 Å².